The van der Waals surface area contributed by atoms with Gasteiger partial charge in [0, 0.05) is 7.05 Å². The molecule has 0 aromatic heterocycles. The molecule has 0 saturated carbocycles. The number of hydrazine groups is 1. The zero-order valence-corrected chi connectivity index (χ0v) is 5.07. The summed E-state index contributed by atoms with van der Waals surface area (Å²) in [7, 11) is 1.72. The molecule has 0 amide bonds. The summed E-state index contributed by atoms with van der Waals surface area (Å²) in [6, 6.07) is 0. The van der Waals surface area contributed by atoms with Gasteiger partial charge in [0.15, 0.2) is 0 Å². The zero-order chi connectivity index (χ0) is 4.99. The molecule has 0 heterocycles. The van der Waals surface area contributed by atoms with Crippen LogP contribution in [0.3, 0.4) is 0 Å². The first-order valence-corrected chi connectivity index (χ1v) is 2.28. The average molecular weight is 122 g/mol. The van der Waals surface area contributed by atoms with Crippen molar-refractivity contribution in [1.29, 1.82) is 0 Å². The molecule has 0 aliphatic heterocycles. The Morgan fingerprint density at radius 3 is 2.33 bits per heavy atom. The quantitative estimate of drug-likeness (QED) is 0.258. The van der Waals surface area contributed by atoms with Crippen molar-refractivity contribution < 1.29 is 0 Å². The van der Waals surface area contributed by atoms with Gasteiger partial charge in [-0.25, -0.2) is 5.43 Å². The van der Waals surface area contributed by atoms with Crippen molar-refractivity contribution >= 4 is 29.2 Å². The molecular weight excluding hydrogens is 116 g/mol. The highest BCUT2D eigenvalue weighted by molar-refractivity contribution is 8.11. The van der Waals surface area contributed by atoms with Crippen LogP contribution in [0.5, 0.6) is 0 Å². The maximum atomic E-state index is 4.49. The van der Waals surface area contributed by atoms with Crippen molar-refractivity contribution in [3.63, 3.8) is 0 Å². The number of thiocarbonyl (C=S) groups is 1. The van der Waals surface area contributed by atoms with Crippen LogP contribution >= 0.6 is 24.8 Å². The average Bonchev–Trinajstić information content (AvgIpc) is 1.35. The van der Waals surface area contributed by atoms with Gasteiger partial charge in [-0.2, -0.15) is 0 Å². The van der Waals surface area contributed by atoms with Crippen molar-refractivity contribution in [3.8, 4) is 0 Å². The highest BCUT2D eigenvalue weighted by Crippen LogP contribution is 1.69. The van der Waals surface area contributed by atoms with E-state index in [1.807, 2.05) is 0 Å². The minimum absolute atomic E-state index is 0.456. The van der Waals surface area contributed by atoms with Gasteiger partial charge < -0.3 is 5.43 Å². The molecule has 0 aromatic rings. The van der Waals surface area contributed by atoms with Crippen LogP contribution in [-0.4, -0.2) is 11.4 Å². The topological polar surface area (TPSA) is 24.1 Å². The minimum atomic E-state index is 0.456. The Balaban J connectivity index is 2.83. The van der Waals surface area contributed by atoms with Gasteiger partial charge in [0.2, 0.25) is 0 Å². The Labute approximate surface area is 47.7 Å². The van der Waals surface area contributed by atoms with Crippen LogP contribution in [-0.2, 0) is 0 Å². The standard InChI is InChI=1S/C2H6N2S2/c1-3-4-2(5)6/h3H,1H3,(H2,4,5,6). The number of nitrogens with one attached hydrogen (secondary N) is 2. The summed E-state index contributed by atoms with van der Waals surface area (Å²) in [5.74, 6) is 0. The smallest absolute Gasteiger partial charge is 0.144 e. The lowest BCUT2D eigenvalue weighted by molar-refractivity contribution is 0.786. The van der Waals surface area contributed by atoms with Crippen molar-refractivity contribution in [1.82, 2.24) is 10.9 Å². The summed E-state index contributed by atoms with van der Waals surface area (Å²) < 4.78 is 0.456. The predicted molar refractivity (Wildman–Crippen MR) is 33.8 cm³/mol. The normalized spacial score (nSPS) is 7.67. The molecule has 0 saturated heterocycles. The van der Waals surface area contributed by atoms with E-state index < -0.39 is 0 Å². The molecule has 6 heavy (non-hydrogen) atoms. The van der Waals surface area contributed by atoms with Crippen molar-refractivity contribution in [2.45, 2.75) is 0 Å². The number of hydrogen-bond donors (Lipinski definition) is 3. The lowest BCUT2D eigenvalue weighted by Gasteiger charge is -1.94. The van der Waals surface area contributed by atoms with E-state index in [2.05, 4.69) is 35.7 Å². The fraction of sp³-hybridized carbons (Fsp3) is 0.500. The number of rotatable bonds is 1. The third-order valence-electron chi connectivity index (χ3n) is 0.232. The molecule has 36 valence electrons. The minimum Gasteiger partial charge on any atom is -0.307 e. The van der Waals surface area contributed by atoms with E-state index >= 15 is 0 Å². The van der Waals surface area contributed by atoms with E-state index in [-0.39, 0.29) is 0 Å². The second-order valence-corrected chi connectivity index (χ2v) is 1.84. The summed E-state index contributed by atoms with van der Waals surface area (Å²) >= 11 is 8.22. The van der Waals surface area contributed by atoms with Crippen LogP contribution in [0.4, 0.5) is 0 Å². The van der Waals surface area contributed by atoms with Crippen LogP contribution in [0.15, 0.2) is 0 Å². The Bertz CT molecular complexity index is 53.5. The summed E-state index contributed by atoms with van der Waals surface area (Å²) in [4.78, 5) is 0. The molecule has 2 N–H and O–H groups in total. The maximum absolute atomic E-state index is 4.49. The first-order valence-electron chi connectivity index (χ1n) is 1.43. The molecule has 0 fully saturated rings. The lowest BCUT2D eigenvalue weighted by Crippen LogP contribution is -2.29. The highest BCUT2D eigenvalue weighted by atomic mass is 32.1. The van der Waals surface area contributed by atoms with Crippen LogP contribution in [0.2, 0.25) is 0 Å². The van der Waals surface area contributed by atoms with E-state index in [0.717, 1.165) is 0 Å². The number of hydrogen-bond acceptors (Lipinski definition) is 2. The summed E-state index contributed by atoms with van der Waals surface area (Å²) in [5.41, 5.74) is 5.15. The van der Waals surface area contributed by atoms with Crippen LogP contribution in [0.1, 0.15) is 0 Å². The Morgan fingerprint density at radius 1 is 1.83 bits per heavy atom. The Kier molecular flexibility index (Phi) is 3.51. The monoisotopic (exact) mass is 122 g/mol. The van der Waals surface area contributed by atoms with Gasteiger partial charge in [-0.15, -0.1) is 12.6 Å². The zero-order valence-electron chi connectivity index (χ0n) is 3.36. The van der Waals surface area contributed by atoms with Gasteiger partial charge in [-0.1, -0.05) is 12.2 Å². The van der Waals surface area contributed by atoms with E-state index in [0.29, 0.717) is 4.32 Å². The van der Waals surface area contributed by atoms with Crippen LogP contribution in [0, 0.1) is 0 Å². The Morgan fingerprint density at radius 2 is 2.33 bits per heavy atom. The van der Waals surface area contributed by atoms with Gasteiger partial charge in [0.1, 0.15) is 4.32 Å². The van der Waals surface area contributed by atoms with Gasteiger partial charge in [0.25, 0.3) is 0 Å². The lowest BCUT2D eigenvalue weighted by atomic mass is 11.4. The molecule has 2 nitrogen and oxygen atoms in total. The molecule has 0 radical (unpaired) electrons. The van der Waals surface area contributed by atoms with E-state index in [1.54, 1.807) is 7.05 Å². The summed E-state index contributed by atoms with van der Waals surface area (Å²) in [6.07, 6.45) is 0. The molecule has 0 atom stereocenters. The fourth-order valence-electron chi connectivity index (χ4n) is 0.107. The molecule has 0 aliphatic rings. The first-order chi connectivity index (χ1) is 2.77. The summed E-state index contributed by atoms with van der Waals surface area (Å²) in [5, 5.41) is 0. The molecule has 0 bridgehead atoms. The predicted octanol–water partition coefficient (Wildman–Crippen LogP) is -0.0749. The fourth-order valence-corrected chi connectivity index (χ4v) is 0.321. The largest absolute Gasteiger partial charge is 0.307 e. The van der Waals surface area contributed by atoms with Gasteiger partial charge >= 0.3 is 0 Å². The molecule has 0 spiro atoms. The van der Waals surface area contributed by atoms with Gasteiger partial charge in [-0.05, 0) is 0 Å². The molecular formula is C2H6N2S2. The van der Waals surface area contributed by atoms with E-state index in [1.165, 1.54) is 0 Å². The van der Waals surface area contributed by atoms with E-state index in [4.69, 9.17) is 0 Å². The third kappa shape index (κ3) is 4.20. The van der Waals surface area contributed by atoms with Crippen molar-refractivity contribution in [2.75, 3.05) is 7.05 Å². The molecule has 0 rings (SSSR count). The first kappa shape index (κ1) is 6.20. The van der Waals surface area contributed by atoms with Crippen LogP contribution < -0.4 is 10.9 Å². The van der Waals surface area contributed by atoms with Gasteiger partial charge in [0.05, 0.1) is 0 Å². The second-order valence-electron chi connectivity index (χ2n) is 0.680. The second kappa shape index (κ2) is 3.39. The van der Waals surface area contributed by atoms with Crippen LogP contribution in [0.25, 0.3) is 0 Å². The third-order valence-corrected chi connectivity index (χ3v) is 0.446. The summed E-state index contributed by atoms with van der Waals surface area (Å²) in [6.45, 7) is 0. The maximum Gasteiger partial charge on any atom is 0.144 e. The van der Waals surface area contributed by atoms with Gasteiger partial charge in [-0.3, -0.25) is 0 Å². The molecule has 4 heteroatoms. The SMILES string of the molecule is CNNC(=S)S. The molecule has 0 aromatic carbocycles. The van der Waals surface area contributed by atoms with Crippen molar-refractivity contribution in [3.05, 3.63) is 0 Å². The molecule has 0 unspecified atom stereocenters. The molecule has 0 aliphatic carbocycles. The Hall–Kier alpha value is 0.200. The highest BCUT2D eigenvalue weighted by Gasteiger charge is 1.73. The number of thiol groups is 1. The van der Waals surface area contributed by atoms with Crippen molar-refractivity contribution in [2.24, 2.45) is 0 Å². The van der Waals surface area contributed by atoms with E-state index in [9.17, 15) is 0 Å².